The Hall–Kier alpha value is -2.62. The standard InChI is InChI=1S/C25H34N2O2/c1-9-10-22(23(17(2)3)26-18(4)5)20-11-12-21-16-27(14-13-19(21)15-20)24(28)29-25(6,7)8/h9-12,15H,2,13-14,16H2,1,3-8H3/b10-9-,23-22-. The first kappa shape index (κ1) is 22.7. The van der Waals surface area contributed by atoms with Gasteiger partial charge in [-0.05, 0) is 77.2 Å². The molecule has 0 aliphatic carbocycles. The number of rotatable bonds is 4. The maximum Gasteiger partial charge on any atom is 0.410 e. The van der Waals surface area contributed by atoms with Crippen LogP contribution in [0.2, 0.25) is 0 Å². The second kappa shape index (κ2) is 9.25. The zero-order valence-corrected chi connectivity index (χ0v) is 18.9. The summed E-state index contributed by atoms with van der Waals surface area (Å²) in [7, 11) is 0. The largest absolute Gasteiger partial charge is 0.444 e. The summed E-state index contributed by atoms with van der Waals surface area (Å²) in [6.45, 7) is 19.0. The van der Waals surface area contributed by atoms with Gasteiger partial charge in [0.05, 0.1) is 5.70 Å². The summed E-state index contributed by atoms with van der Waals surface area (Å²) in [6.07, 6.45) is 4.68. The second-order valence-corrected chi connectivity index (χ2v) is 8.74. The quantitative estimate of drug-likeness (QED) is 0.443. The SMILES string of the molecule is C=C(C)/C(N=C(C)C)=C(\C=C/C)c1ccc2c(c1)CCN(C(=O)OC(C)(C)C)C2. The van der Waals surface area contributed by atoms with E-state index in [1.54, 1.807) is 4.90 Å². The molecule has 1 amide bonds. The van der Waals surface area contributed by atoms with Gasteiger partial charge in [-0.25, -0.2) is 4.79 Å². The third-order valence-corrected chi connectivity index (χ3v) is 4.51. The minimum Gasteiger partial charge on any atom is -0.444 e. The number of amides is 1. The number of ether oxygens (including phenoxy) is 1. The molecular weight excluding hydrogens is 360 g/mol. The van der Waals surface area contributed by atoms with Crippen molar-refractivity contribution in [3.05, 3.63) is 64.9 Å². The summed E-state index contributed by atoms with van der Waals surface area (Å²) in [5.74, 6) is 0. The van der Waals surface area contributed by atoms with Crippen LogP contribution in [-0.2, 0) is 17.7 Å². The molecule has 0 bridgehead atoms. The van der Waals surface area contributed by atoms with Gasteiger partial charge in [-0.2, -0.15) is 0 Å². The van der Waals surface area contributed by atoms with Crippen molar-refractivity contribution in [2.75, 3.05) is 6.54 Å². The Morgan fingerprint density at radius 3 is 2.45 bits per heavy atom. The fraction of sp³-hybridized carbons (Fsp3) is 0.440. The number of hydrogen-bond acceptors (Lipinski definition) is 3. The molecule has 0 saturated heterocycles. The Labute approximate surface area is 175 Å². The first-order chi connectivity index (χ1) is 13.5. The third-order valence-electron chi connectivity index (χ3n) is 4.51. The van der Waals surface area contributed by atoms with Crippen LogP contribution in [0.3, 0.4) is 0 Å². The average molecular weight is 395 g/mol. The van der Waals surface area contributed by atoms with Crippen molar-refractivity contribution in [2.24, 2.45) is 4.99 Å². The smallest absolute Gasteiger partial charge is 0.410 e. The third kappa shape index (κ3) is 6.18. The Kier molecular flexibility index (Phi) is 7.23. The summed E-state index contributed by atoms with van der Waals surface area (Å²) in [5, 5.41) is 0. The first-order valence-corrected chi connectivity index (χ1v) is 10.2. The molecule has 1 aliphatic rings. The van der Waals surface area contributed by atoms with E-state index in [9.17, 15) is 4.79 Å². The molecule has 4 nitrogen and oxygen atoms in total. The van der Waals surface area contributed by atoms with Crippen LogP contribution in [0, 0.1) is 0 Å². The van der Waals surface area contributed by atoms with E-state index < -0.39 is 5.60 Å². The first-order valence-electron chi connectivity index (χ1n) is 10.2. The monoisotopic (exact) mass is 394 g/mol. The summed E-state index contributed by atoms with van der Waals surface area (Å²) >= 11 is 0. The van der Waals surface area contributed by atoms with Gasteiger partial charge in [-0.15, -0.1) is 0 Å². The Morgan fingerprint density at radius 2 is 1.90 bits per heavy atom. The fourth-order valence-electron chi connectivity index (χ4n) is 3.29. The molecular formula is C25H34N2O2. The number of aliphatic imine (C=N–C) groups is 1. The Bertz CT molecular complexity index is 879. The van der Waals surface area contributed by atoms with Crippen molar-refractivity contribution >= 4 is 17.4 Å². The van der Waals surface area contributed by atoms with Crippen LogP contribution < -0.4 is 0 Å². The number of allylic oxidation sites excluding steroid dienone is 4. The van der Waals surface area contributed by atoms with Gasteiger partial charge in [-0.1, -0.05) is 36.9 Å². The molecule has 2 rings (SSSR count). The summed E-state index contributed by atoms with van der Waals surface area (Å²) in [4.78, 5) is 18.9. The van der Waals surface area contributed by atoms with Crippen LogP contribution in [0.5, 0.6) is 0 Å². The molecule has 1 aromatic carbocycles. The molecule has 1 heterocycles. The molecule has 1 aromatic rings. The molecule has 0 aromatic heterocycles. The molecule has 0 atom stereocenters. The van der Waals surface area contributed by atoms with Gasteiger partial charge in [0, 0.05) is 24.4 Å². The predicted molar refractivity (Wildman–Crippen MR) is 122 cm³/mol. The van der Waals surface area contributed by atoms with E-state index in [2.05, 4.69) is 30.9 Å². The van der Waals surface area contributed by atoms with E-state index in [0.717, 1.165) is 40.1 Å². The van der Waals surface area contributed by atoms with E-state index in [1.807, 2.05) is 54.5 Å². The van der Waals surface area contributed by atoms with E-state index >= 15 is 0 Å². The van der Waals surface area contributed by atoms with Crippen molar-refractivity contribution < 1.29 is 9.53 Å². The van der Waals surface area contributed by atoms with E-state index in [4.69, 9.17) is 9.73 Å². The Morgan fingerprint density at radius 1 is 1.21 bits per heavy atom. The van der Waals surface area contributed by atoms with Crippen molar-refractivity contribution in [1.82, 2.24) is 4.90 Å². The van der Waals surface area contributed by atoms with Gasteiger partial charge in [0.1, 0.15) is 5.60 Å². The predicted octanol–water partition coefficient (Wildman–Crippen LogP) is 6.32. The molecule has 0 unspecified atom stereocenters. The minimum atomic E-state index is -0.482. The van der Waals surface area contributed by atoms with Crippen molar-refractivity contribution in [1.29, 1.82) is 0 Å². The van der Waals surface area contributed by atoms with Gasteiger partial charge in [0.15, 0.2) is 0 Å². The molecule has 0 saturated carbocycles. The van der Waals surface area contributed by atoms with Gasteiger partial charge in [0.25, 0.3) is 0 Å². The van der Waals surface area contributed by atoms with Gasteiger partial charge in [0.2, 0.25) is 0 Å². The molecule has 156 valence electrons. The second-order valence-electron chi connectivity index (χ2n) is 8.74. The zero-order valence-electron chi connectivity index (χ0n) is 18.9. The molecule has 1 aliphatic heterocycles. The van der Waals surface area contributed by atoms with Crippen LogP contribution >= 0.6 is 0 Å². The number of benzene rings is 1. The number of nitrogens with zero attached hydrogens (tertiary/aromatic N) is 2. The summed E-state index contributed by atoms with van der Waals surface area (Å²) in [5.41, 5.74) is 6.98. The van der Waals surface area contributed by atoms with Crippen molar-refractivity contribution in [3.8, 4) is 0 Å². The lowest BCUT2D eigenvalue weighted by Gasteiger charge is -2.31. The number of carbonyl (C=O) groups is 1. The van der Waals surface area contributed by atoms with E-state index in [0.29, 0.717) is 13.1 Å². The van der Waals surface area contributed by atoms with Crippen LogP contribution in [0.15, 0.2) is 53.2 Å². The number of carbonyl (C=O) groups excluding carboxylic acids is 1. The Balaban J connectivity index is 2.39. The fourth-order valence-corrected chi connectivity index (χ4v) is 3.29. The highest BCUT2D eigenvalue weighted by atomic mass is 16.6. The maximum atomic E-state index is 12.4. The van der Waals surface area contributed by atoms with Gasteiger partial charge >= 0.3 is 6.09 Å². The molecule has 0 fully saturated rings. The lowest BCUT2D eigenvalue weighted by Crippen LogP contribution is -2.39. The van der Waals surface area contributed by atoms with Crippen LogP contribution in [0.4, 0.5) is 4.79 Å². The maximum absolute atomic E-state index is 12.4. The number of hydrogen-bond donors (Lipinski definition) is 0. The van der Waals surface area contributed by atoms with Gasteiger partial charge < -0.3 is 9.64 Å². The highest BCUT2D eigenvalue weighted by Crippen LogP contribution is 2.30. The molecule has 29 heavy (non-hydrogen) atoms. The summed E-state index contributed by atoms with van der Waals surface area (Å²) < 4.78 is 5.53. The lowest BCUT2D eigenvalue weighted by atomic mass is 9.92. The average Bonchev–Trinajstić information content (AvgIpc) is 2.62. The molecule has 0 radical (unpaired) electrons. The molecule has 0 spiro atoms. The minimum absolute atomic E-state index is 0.251. The topological polar surface area (TPSA) is 41.9 Å². The highest BCUT2D eigenvalue weighted by Gasteiger charge is 2.26. The lowest BCUT2D eigenvalue weighted by molar-refractivity contribution is 0.0224. The van der Waals surface area contributed by atoms with Crippen LogP contribution in [-0.4, -0.2) is 28.9 Å². The summed E-state index contributed by atoms with van der Waals surface area (Å²) in [6, 6.07) is 6.44. The van der Waals surface area contributed by atoms with Crippen LogP contribution in [0.25, 0.3) is 5.57 Å². The van der Waals surface area contributed by atoms with Gasteiger partial charge in [-0.3, -0.25) is 4.99 Å². The van der Waals surface area contributed by atoms with Crippen molar-refractivity contribution in [2.45, 2.75) is 67.0 Å². The molecule has 0 N–H and O–H groups in total. The van der Waals surface area contributed by atoms with E-state index in [-0.39, 0.29) is 6.09 Å². The highest BCUT2D eigenvalue weighted by molar-refractivity contribution is 5.86. The van der Waals surface area contributed by atoms with Crippen molar-refractivity contribution in [3.63, 3.8) is 0 Å². The zero-order chi connectivity index (χ0) is 21.8. The molecule has 4 heteroatoms. The normalized spacial score (nSPS) is 14.9. The van der Waals surface area contributed by atoms with Crippen LogP contribution in [0.1, 0.15) is 65.2 Å². The number of fused-ring (bicyclic) bond motifs is 1. The van der Waals surface area contributed by atoms with E-state index in [1.165, 1.54) is 5.56 Å².